The summed E-state index contributed by atoms with van der Waals surface area (Å²) in [4.78, 5) is 12.6. The Balaban J connectivity index is 1.77. The number of rotatable bonds is 4. The summed E-state index contributed by atoms with van der Waals surface area (Å²) in [5, 5.41) is 13.3. The summed E-state index contributed by atoms with van der Waals surface area (Å²) in [5.74, 6) is 0.822. The van der Waals surface area contributed by atoms with Crippen LogP contribution in [-0.2, 0) is 7.05 Å². The molecule has 2 heterocycles. The highest BCUT2D eigenvalue weighted by Gasteiger charge is 2.11. The number of fused-ring (bicyclic) bond motifs is 1. The van der Waals surface area contributed by atoms with Gasteiger partial charge in [-0.3, -0.25) is 4.79 Å². The summed E-state index contributed by atoms with van der Waals surface area (Å²) in [6.07, 6.45) is 3.53. The number of hydrogen-bond acceptors (Lipinski definition) is 4. The van der Waals surface area contributed by atoms with Crippen molar-refractivity contribution < 1.29 is 0 Å². The average molecular weight is 359 g/mol. The van der Waals surface area contributed by atoms with Crippen LogP contribution in [0.2, 0.25) is 0 Å². The second-order valence-corrected chi connectivity index (χ2v) is 6.86. The van der Waals surface area contributed by atoms with Crippen LogP contribution >= 0.6 is 0 Å². The van der Waals surface area contributed by atoms with E-state index in [9.17, 15) is 4.79 Å². The van der Waals surface area contributed by atoms with E-state index in [1.54, 1.807) is 24.1 Å². The molecule has 0 aliphatic heterocycles. The van der Waals surface area contributed by atoms with E-state index < -0.39 is 0 Å². The first-order valence-electron chi connectivity index (χ1n) is 8.90. The van der Waals surface area contributed by atoms with E-state index in [0.717, 1.165) is 28.1 Å². The second kappa shape index (κ2) is 6.72. The van der Waals surface area contributed by atoms with Crippen LogP contribution in [0.3, 0.4) is 0 Å². The van der Waals surface area contributed by atoms with E-state index >= 15 is 0 Å². The number of nitrogens with one attached hydrogen (secondary N) is 1. The molecule has 0 aliphatic carbocycles. The molecule has 0 saturated heterocycles. The summed E-state index contributed by atoms with van der Waals surface area (Å²) < 4.78 is 3.63. The van der Waals surface area contributed by atoms with E-state index in [4.69, 9.17) is 0 Å². The van der Waals surface area contributed by atoms with Gasteiger partial charge in [0, 0.05) is 30.5 Å². The van der Waals surface area contributed by atoms with Gasteiger partial charge in [0.05, 0.1) is 11.1 Å². The fraction of sp³-hybridized carbons (Fsp3) is 0.190. The largest absolute Gasteiger partial charge is 0.355 e. The Labute approximate surface area is 157 Å². The molecule has 0 aliphatic rings. The monoisotopic (exact) mass is 359 g/mol. The van der Waals surface area contributed by atoms with Gasteiger partial charge in [-0.25, -0.2) is 0 Å². The SMILES string of the molecule is CC(C)n1cnnc1-c1cccc(Nc2cccc3ccn(C)c(=O)c23)c1. The molecular weight excluding hydrogens is 338 g/mol. The molecule has 2 aromatic heterocycles. The maximum Gasteiger partial charge on any atom is 0.260 e. The van der Waals surface area contributed by atoms with Gasteiger partial charge in [-0.15, -0.1) is 10.2 Å². The van der Waals surface area contributed by atoms with Gasteiger partial charge in [0.2, 0.25) is 0 Å². The fourth-order valence-corrected chi connectivity index (χ4v) is 3.21. The van der Waals surface area contributed by atoms with Crippen molar-refractivity contribution in [2.75, 3.05) is 5.32 Å². The van der Waals surface area contributed by atoms with Crippen molar-refractivity contribution in [3.05, 3.63) is 71.4 Å². The Bertz CT molecular complexity index is 1170. The van der Waals surface area contributed by atoms with Gasteiger partial charge >= 0.3 is 0 Å². The molecule has 4 aromatic rings. The van der Waals surface area contributed by atoms with Crippen LogP contribution in [0, 0.1) is 0 Å². The maximum absolute atomic E-state index is 12.6. The van der Waals surface area contributed by atoms with E-state index in [-0.39, 0.29) is 11.6 Å². The van der Waals surface area contributed by atoms with Crippen molar-refractivity contribution in [2.45, 2.75) is 19.9 Å². The number of aromatic nitrogens is 4. The molecule has 1 N–H and O–H groups in total. The van der Waals surface area contributed by atoms with Gasteiger partial charge in [-0.05, 0) is 43.5 Å². The van der Waals surface area contributed by atoms with Gasteiger partial charge in [0.25, 0.3) is 5.56 Å². The Kier molecular flexibility index (Phi) is 4.24. The predicted molar refractivity (Wildman–Crippen MR) is 108 cm³/mol. The zero-order chi connectivity index (χ0) is 19.0. The molecule has 0 amide bonds. The van der Waals surface area contributed by atoms with Crippen LogP contribution in [0.15, 0.2) is 65.8 Å². The predicted octanol–water partition coefficient (Wildman–Crippen LogP) is 4.12. The lowest BCUT2D eigenvalue weighted by atomic mass is 10.1. The Hall–Kier alpha value is -3.41. The molecule has 0 bridgehead atoms. The molecule has 0 spiro atoms. The highest BCUT2D eigenvalue weighted by atomic mass is 16.1. The number of hydrogen-bond donors (Lipinski definition) is 1. The smallest absolute Gasteiger partial charge is 0.260 e. The lowest BCUT2D eigenvalue weighted by Gasteiger charge is -2.13. The standard InChI is InChI=1S/C21H21N5O/c1-14(2)26-13-22-24-20(26)16-7-4-8-17(12-16)23-18-9-5-6-15-10-11-25(3)21(27)19(15)18/h4-14,23H,1-3H3. The van der Waals surface area contributed by atoms with Crippen LogP contribution in [-0.4, -0.2) is 19.3 Å². The van der Waals surface area contributed by atoms with Crippen molar-refractivity contribution in [1.82, 2.24) is 19.3 Å². The number of anilines is 2. The number of pyridine rings is 1. The lowest BCUT2D eigenvalue weighted by molar-refractivity contribution is 0.604. The van der Waals surface area contributed by atoms with Crippen LogP contribution in [0.4, 0.5) is 11.4 Å². The molecule has 6 heteroatoms. The number of benzene rings is 2. The summed E-state index contributed by atoms with van der Waals surface area (Å²) in [6.45, 7) is 4.20. The zero-order valence-electron chi connectivity index (χ0n) is 15.5. The molecule has 0 unspecified atom stereocenters. The molecule has 0 fully saturated rings. The van der Waals surface area contributed by atoms with E-state index in [1.807, 2.05) is 53.1 Å². The fourth-order valence-electron chi connectivity index (χ4n) is 3.21. The number of nitrogens with zero attached hydrogens (tertiary/aromatic N) is 4. The third kappa shape index (κ3) is 3.10. The van der Waals surface area contributed by atoms with Gasteiger partial charge in [0.15, 0.2) is 5.82 Å². The van der Waals surface area contributed by atoms with Gasteiger partial charge < -0.3 is 14.5 Å². The van der Waals surface area contributed by atoms with Crippen LogP contribution in [0.25, 0.3) is 22.2 Å². The van der Waals surface area contributed by atoms with Crippen molar-refractivity contribution in [1.29, 1.82) is 0 Å². The third-order valence-electron chi connectivity index (χ3n) is 4.64. The minimum atomic E-state index is -0.0219. The third-order valence-corrected chi connectivity index (χ3v) is 4.64. The summed E-state index contributed by atoms with van der Waals surface area (Å²) in [7, 11) is 1.76. The normalized spacial score (nSPS) is 11.3. The molecule has 0 atom stereocenters. The highest BCUT2D eigenvalue weighted by molar-refractivity contribution is 5.94. The van der Waals surface area contributed by atoms with E-state index in [2.05, 4.69) is 29.4 Å². The molecule has 4 rings (SSSR count). The summed E-state index contributed by atoms with van der Waals surface area (Å²) in [6, 6.07) is 16.0. The van der Waals surface area contributed by atoms with Crippen LogP contribution in [0.1, 0.15) is 19.9 Å². The minimum absolute atomic E-state index is 0.0219. The number of aryl methyl sites for hydroxylation is 1. The zero-order valence-corrected chi connectivity index (χ0v) is 15.5. The molecular formula is C21H21N5O. The van der Waals surface area contributed by atoms with Gasteiger partial charge in [-0.2, -0.15) is 0 Å². The van der Waals surface area contributed by atoms with E-state index in [1.165, 1.54) is 0 Å². The average Bonchev–Trinajstić information content (AvgIpc) is 3.15. The van der Waals surface area contributed by atoms with Crippen LogP contribution in [0.5, 0.6) is 0 Å². The molecule has 6 nitrogen and oxygen atoms in total. The minimum Gasteiger partial charge on any atom is -0.355 e. The molecule has 136 valence electrons. The van der Waals surface area contributed by atoms with Gasteiger partial charge in [0.1, 0.15) is 6.33 Å². The van der Waals surface area contributed by atoms with E-state index in [0.29, 0.717) is 5.39 Å². The topological polar surface area (TPSA) is 64.7 Å². The molecule has 2 aromatic carbocycles. The first-order valence-corrected chi connectivity index (χ1v) is 8.90. The lowest BCUT2D eigenvalue weighted by Crippen LogP contribution is -2.16. The molecule has 0 radical (unpaired) electrons. The van der Waals surface area contributed by atoms with Crippen molar-refractivity contribution in [3.63, 3.8) is 0 Å². The maximum atomic E-state index is 12.6. The molecule has 0 saturated carbocycles. The van der Waals surface area contributed by atoms with Crippen LogP contribution < -0.4 is 10.9 Å². The van der Waals surface area contributed by atoms with Crippen molar-refractivity contribution >= 4 is 22.1 Å². The Morgan fingerprint density at radius 1 is 1.07 bits per heavy atom. The Morgan fingerprint density at radius 2 is 1.89 bits per heavy atom. The highest BCUT2D eigenvalue weighted by Crippen LogP contribution is 2.27. The van der Waals surface area contributed by atoms with Crippen molar-refractivity contribution in [2.24, 2.45) is 7.05 Å². The summed E-state index contributed by atoms with van der Waals surface area (Å²) >= 11 is 0. The second-order valence-electron chi connectivity index (χ2n) is 6.86. The summed E-state index contributed by atoms with van der Waals surface area (Å²) in [5.41, 5.74) is 2.63. The quantitative estimate of drug-likeness (QED) is 0.595. The first kappa shape index (κ1) is 17.0. The van der Waals surface area contributed by atoms with Crippen molar-refractivity contribution in [3.8, 4) is 11.4 Å². The first-order chi connectivity index (χ1) is 13.0. The molecule has 27 heavy (non-hydrogen) atoms. The Morgan fingerprint density at radius 3 is 2.70 bits per heavy atom. The van der Waals surface area contributed by atoms with Gasteiger partial charge in [-0.1, -0.05) is 24.3 Å².